The van der Waals surface area contributed by atoms with Crippen molar-refractivity contribution in [1.29, 1.82) is 0 Å². The Hall–Kier alpha value is -3.58. The van der Waals surface area contributed by atoms with E-state index in [1.165, 1.54) is 18.4 Å². The van der Waals surface area contributed by atoms with Gasteiger partial charge in [0.2, 0.25) is 0 Å². The Kier molecular flexibility index (Phi) is 7.26. The number of rotatable bonds is 8. The second-order valence-electron chi connectivity index (χ2n) is 8.57. The van der Waals surface area contributed by atoms with Crippen LogP contribution in [0.1, 0.15) is 40.9 Å². The second kappa shape index (κ2) is 10.4. The van der Waals surface area contributed by atoms with Gasteiger partial charge in [-0.25, -0.2) is 17.8 Å². The first-order chi connectivity index (χ1) is 16.8. The minimum Gasteiger partial charge on any atom is -0.345 e. The smallest absolute Gasteiger partial charge is 0.252 e. The number of pyridine rings is 1. The van der Waals surface area contributed by atoms with E-state index in [2.05, 4.69) is 5.32 Å². The van der Waals surface area contributed by atoms with E-state index in [0.717, 1.165) is 5.56 Å². The maximum absolute atomic E-state index is 13.9. The number of aromatic nitrogens is 1. The van der Waals surface area contributed by atoms with Crippen LogP contribution in [0.5, 0.6) is 0 Å². The fourth-order valence-electron chi connectivity index (χ4n) is 4.25. The molecule has 0 saturated carbocycles. The summed E-state index contributed by atoms with van der Waals surface area (Å²) in [5.74, 6) is -0.834. The molecule has 35 heavy (non-hydrogen) atoms. The fraction of sp³-hybridized carbons (Fsp3) is 0.214. The van der Waals surface area contributed by atoms with Crippen LogP contribution in [-0.4, -0.2) is 31.3 Å². The number of carbonyl (C=O) groups excluding carboxylic acids is 1. The van der Waals surface area contributed by atoms with Gasteiger partial charge in [0.1, 0.15) is 15.7 Å². The number of para-hydroxylation sites is 1. The van der Waals surface area contributed by atoms with Crippen LogP contribution in [0.4, 0.5) is 4.39 Å². The highest BCUT2D eigenvalue weighted by molar-refractivity contribution is 7.90. The van der Waals surface area contributed by atoms with Crippen LogP contribution in [0.2, 0.25) is 0 Å². The van der Waals surface area contributed by atoms with Gasteiger partial charge in [-0.3, -0.25) is 4.79 Å². The normalized spacial score (nSPS) is 12.4. The Morgan fingerprint density at radius 1 is 1.00 bits per heavy atom. The molecule has 1 amide bonds. The number of hydrogen-bond donors (Lipinski definition) is 1. The summed E-state index contributed by atoms with van der Waals surface area (Å²) in [6.07, 6.45) is 1.88. The van der Waals surface area contributed by atoms with Crippen molar-refractivity contribution in [1.82, 2.24) is 10.3 Å². The molecule has 0 radical (unpaired) electrons. The highest BCUT2D eigenvalue weighted by atomic mass is 32.2. The maximum Gasteiger partial charge on any atom is 0.252 e. The summed E-state index contributed by atoms with van der Waals surface area (Å²) < 4.78 is 38.0. The van der Waals surface area contributed by atoms with E-state index in [1.54, 1.807) is 12.1 Å². The monoisotopic (exact) mass is 490 g/mol. The minimum absolute atomic E-state index is 0.117. The fourth-order valence-corrected chi connectivity index (χ4v) is 4.83. The van der Waals surface area contributed by atoms with E-state index in [9.17, 15) is 17.6 Å². The Morgan fingerprint density at radius 2 is 1.71 bits per heavy atom. The number of halogens is 1. The van der Waals surface area contributed by atoms with Gasteiger partial charge in [-0.05, 0) is 42.2 Å². The third-order valence-corrected chi connectivity index (χ3v) is 6.90. The largest absolute Gasteiger partial charge is 0.345 e. The van der Waals surface area contributed by atoms with E-state index in [0.29, 0.717) is 39.7 Å². The molecule has 1 atom stereocenters. The van der Waals surface area contributed by atoms with Crippen LogP contribution in [0, 0.1) is 5.82 Å². The molecule has 0 aliphatic heterocycles. The molecule has 1 N–H and O–H groups in total. The topological polar surface area (TPSA) is 76.1 Å². The predicted octanol–water partition coefficient (Wildman–Crippen LogP) is 5.51. The molecule has 1 heterocycles. The number of nitrogens with zero attached hydrogens (tertiary/aromatic N) is 1. The molecule has 1 unspecified atom stereocenters. The van der Waals surface area contributed by atoms with E-state index >= 15 is 0 Å². The van der Waals surface area contributed by atoms with Crippen LogP contribution in [0.3, 0.4) is 0 Å². The average Bonchev–Trinajstić information content (AvgIpc) is 2.85. The molecule has 0 fully saturated rings. The van der Waals surface area contributed by atoms with Crippen LogP contribution in [0.25, 0.3) is 22.2 Å². The number of sulfone groups is 1. The molecule has 0 saturated heterocycles. The average molecular weight is 491 g/mol. The summed E-state index contributed by atoms with van der Waals surface area (Å²) >= 11 is 0. The van der Waals surface area contributed by atoms with Crippen molar-refractivity contribution in [3.8, 4) is 11.3 Å². The Labute approximate surface area is 205 Å². The van der Waals surface area contributed by atoms with Crippen LogP contribution >= 0.6 is 0 Å². The summed E-state index contributed by atoms with van der Waals surface area (Å²) in [7, 11) is -3.29. The molecule has 0 spiro atoms. The molecular weight excluding hydrogens is 463 g/mol. The lowest BCUT2D eigenvalue weighted by molar-refractivity contribution is 0.0936. The van der Waals surface area contributed by atoms with Crippen molar-refractivity contribution in [3.05, 3.63) is 101 Å². The Morgan fingerprint density at radius 3 is 2.40 bits per heavy atom. The third kappa shape index (κ3) is 5.74. The number of amides is 1. The Bertz CT molecular complexity index is 1470. The number of carbonyl (C=O) groups is 1. The third-order valence-electron chi connectivity index (χ3n) is 5.96. The standard InChI is InChI=1S/C28H27FN2O3S/c1-3-24(20-12-9-13-21(29)18-20)31-28(32)26-22-14-7-8-15-25(22)30-27(19-10-5-4-6-11-19)23(26)16-17-35(2,33)34/h4-15,18,24H,3,16-17H2,1-2H3,(H,31,32). The van der Waals surface area contributed by atoms with E-state index in [4.69, 9.17) is 4.98 Å². The zero-order valence-corrected chi connectivity index (χ0v) is 20.5. The molecule has 3 aromatic carbocycles. The summed E-state index contributed by atoms with van der Waals surface area (Å²) in [5.41, 5.74) is 3.66. The molecule has 1 aromatic heterocycles. The first-order valence-electron chi connectivity index (χ1n) is 11.5. The van der Waals surface area contributed by atoms with Crippen molar-refractivity contribution in [3.63, 3.8) is 0 Å². The van der Waals surface area contributed by atoms with Gasteiger partial charge in [0.15, 0.2) is 0 Å². The van der Waals surface area contributed by atoms with Crippen molar-refractivity contribution >= 4 is 26.6 Å². The molecule has 0 bridgehead atoms. The van der Waals surface area contributed by atoms with Gasteiger partial charge in [0.05, 0.1) is 28.6 Å². The van der Waals surface area contributed by atoms with Gasteiger partial charge < -0.3 is 5.32 Å². The summed E-state index contributed by atoms with van der Waals surface area (Å²) in [6.45, 7) is 1.92. The zero-order chi connectivity index (χ0) is 25.0. The zero-order valence-electron chi connectivity index (χ0n) is 19.7. The van der Waals surface area contributed by atoms with Crippen molar-refractivity contribution in [2.24, 2.45) is 0 Å². The molecule has 180 valence electrons. The number of hydrogen-bond acceptors (Lipinski definition) is 4. The van der Waals surface area contributed by atoms with Gasteiger partial charge in [-0.1, -0.05) is 67.6 Å². The highest BCUT2D eigenvalue weighted by Crippen LogP contribution is 2.32. The highest BCUT2D eigenvalue weighted by Gasteiger charge is 2.24. The SMILES string of the molecule is CCC(NC(=O)c1c(CCS(C)(=O)=O)c(-c2ccccc2)nc2ccccc12)c1cccc(F)c1. The number of benzene rings is 3. The van der Waals surface area contributed by atoms with Gasteiger partial charge in [0, 0.05) is 17.2 Å². The van der Waals surface area contributed by atoms with Gasteiger partial charge in [0.25, 0.3) is 5.91 Å². The van der Waals surface area contributed by atoms with Crippen molar-refractivity contribution in [2.45, 2.75) is 25.8 Å². The molecule has 4 aromatic rings. The summed E-state index contributed by atoms with van der Waals surface area (Å²) in [4.78, 5) is 18.7. The first kappa shape index (κ1) is 24.5. The summed E-state index contributed by atoms with van der Waals surface area (Å²) in [5, 5.41) is 3.69. The second-order valence-corrected chi connectivity index (χ2v) is 10.8. The van der Waals surface area contributed by atoms with Crippen LogP contribution in [0.15, 0.2) is 78.9 Å². The number of nitrogens with one attached hydrogen (secondary N) is 1. The van der Waals surface area contributed by atoms with Crippen molar-refractivity contribution < 1.29 is 17.6 Å². The Balaban J connectivity index is 1.89. The van der Waals surface area contributed by atoms with Crippen LogP contribution < -0.4 is 5.32 Å². The van der Waals surface area contributed by atoms with Crippen LogP contribution in [-0.2, 0) is 16.3 Å². The molecule has 5 nitrogen and oxygen atoms in total. The van der Waals surface area contributed by atoms with Gasteiger partial charge in [-0.2, -0.15) is 0 Å². The van der Waals surface area contributed by atoms with E-state index in [1.807, 2.05) is 61.5 Å². The molecular formula is C28H27FN2O3S. The lowest BCUT2D eigenvalue weighted by Crippen LogP contribution is -2.30. The quantitative estimate of drug-likeness (QED) is 0.353. The first-order valence-corrected chi connectivity index (χ1v) is 13.5. The lowest BCUT2D eigenvalue weighted by Gasteiger charge is -2.21. The summed E-state index contributed by atoms with van der Waals surface area (Å²) in [6, 6.07) is 22.5. The number of fused-ring (bicyclic) bond motifs is 1. The molecule has 4 rings (SSSR count). The van der Waals surface area contributed by atoms with E-state index < -0.39 is 15.9 Å². The maximum atomic E-state index is 13.9. The molecule has 0 aliphatic rings. The van der Waals surface area contributed by atoms with E-state index in [-0.39, 0.29) is 23.9 Å². The van der Waals surface area contributed by atoms with Gasteiger partial charge in [-0.15, -0.1) is 0 Å². The van der Waals surface area contributed by atoms with Crippen molar-refractivity contribution in [2.75, 3.05) is 12.0 Å². The minimum atomic E-state index is -3.29. The van der Waals surface area contributed by atoms with Gasteiger partial charge >= 0.3 is 0 Å². The molecule has 7 heteroatoms. The predicted molar refractivity (Wildman–Crippen MR) is 137 cm³/mol. The lowest BCUT2D eigenvalue weighted by atomic mass is 9.94. The molecule has 0 aliphatic carbocycles.